The predicted octanol–water partition coefficient (Wildman–Crippen LogP) is 0.0845. The second-order valence-electron chi connectivity index (χ2n) is 4.75. The molecule has 1 aliphatic heterocycles. The monoisotopic (exact) mass is 247 g/mol. The first kappa shape index (κ1) is 11.3. The highest BCUT2D eigenvalue weighted by molar-refractivity contribution is 5.46. The van der Waals surface area contributed by atoms with Crippen LogP contribution < -0.4 is 10.6 Å². The Kier molecular flexibility index (Phi) is 3.06. The number of nitrogens with zero attached hydrogens (tertiary/aromatic N) is 6. The van der Waals surface area contributed by atoms with Crippen molar-refractivity contribution in [2.24, 2.45) is 11.7 Å². The highest BCUT2D eigenvalue weighted by Crippen LogP contribution is 2.23. The van der Waals surface area contributed by atoms with Crippen LogP contribution in [-0.2, 0) is 0 Å². The molecule has 7 nitrogen and oxygen atoms in total. The van der Waals surface area contributed by atoms with Crippen LogP contribution in [0.5, 0.6) is 0 Å². The van der Waals surface area contributed by atoms with Crippen molar-refractivity contribution >= 4 is 11.5 Å². The molecule has 18 heavy (non-hydrogen) atoms. The third-order valence-corrected chi connectivity index (χ3v) is 3.51. The molecule has 2 aromatic rings. The van der Waals surface area contributed by atoms with E-state index in [1.807, 2.05) is 6.20 Å². The van der Waals surface area contributed by atoms with E-state index < -0.39 is 0 Å². The molecule has 0 amide bonds. The minimum absolute atomic E-state index is 0.662. The number of tetrazole rings is 1. The molecule has 1 saturated heterocycles. The van der Waals surface area contributed by atoms with E-state index in [9.17, 15) is 0 Å². The maximum Gasteiger partial charge on any atom is 0.199 e. The summed E-state index contributed by atoms with van der Waals surface area (Å²) in [5, 5.41) is 11.6. The number of nitrogens with two attached hydrogens (primary N) is 1. The van der Waals surface area contributed by atoms with E-state index in [-0.39, 0.29) is 0 Å². The Balaban J connectivity index is 1.87. The molecule has 1 atom stereocenters. The molecule has 7 heteroatoms. The Hall–Kier alpha value is -1.76. The topological polar surface area (TPSA) is 85.2 Å². The van der Waals surface area contributed by atoms with E-state index >= 15 is 0 Å². The smallest absolute Gasteiger partial charge is 0.199 e. The molecule has 1 fully saturated rings. The number of aromatic nitrogens is 5. The molecule has 0 aromatic carbocycles. The van der Waals surface area contributed by atoms with Gasteiger partial charge in [0.05, 0.1) is 12.4 Å². The number of hydrogen-bond donors (Lipinski definition) is 1. The molecule has 0 radical (unpaired) electrons. The SMILES string of the molecule is NCCC1CCCN(c2cncc3nnnn23)C1. The van der Waals surface area contributed by atoms with E-state index in [0.29, 0.717) is 11.6 Å². The van der Waals surface area contributed by atoms with E-state index in [1.165, 1.54) is 12.8 Å². The van der Waals surface area contributed by atoms with Gasteiger partial charge in [0, 0.05) is 13.1 Å². The minimum atomic E-state index is 0.662. The summed E-state index contributed by atoms with van der Waals surface area (Å²) in [5.41, 5.74) is 6.34. The first-order valence-corrected chi connectivity index (χ1v) is 6.35. The average molecular weight is 247 g/mol. The molecular formula is C11H17N7. The first-order valence-electron chi connectivity index (χ1n) is 6.35. The maximum atomic E-state index is 5.65. The fourth-order valence-electron chi connectivity index (χ4n) is 2.62. The van der Waals surface area contributed by atoms with Gasteiger partial charge in [-0.3, -0.25) is 4.98 Å². The standard InChI is InChI=1S/C11H17N7/c12-4-3-9-2-1-5-17(8-9)11-7-13-6-10-14-15-16-18(10)11/h6-7,9H,1-5,8,12H2. The van der Waals surface area contributed by atoms with Crippen molar-refractivity contribution in [1.82, 2.24) is 25.0 Å². The summed E-state index contributed by atoms with van der Waals surface area (Å²) in [4.78, 5) is 6.51. The number of anilines is 1. The molecule has 96 valence electrons. The molecule has 0 saturated carbocycles. The summed E-state index contributed by atoms with van der Waals surface area (Å²) in [6.07, 6.45) is 7.02. The van der Waals surface area contributed by atoms with Crippen LogP contribution in [0.15, 0.2) is 12.4 Å². The summed E-state index contributed by atoms with van der Waals surface area (Å²) in [5.74, 6) is 1.63. The van der Waals surface area contributed by atoms with E-state index in [0.717, 1.165) is 31.9 Å². The highest BCUT2D eigenvalue weighted by Gasteiger charge is 2.21. The zero-order valence-corrected chi connectivity index (χ0v) is 10.2. The third kappa shape index (κ3) is 2.01. The second kappa shape index (κ2) is 4.85. The highest BCUT2D eigenvalue weighted by atomic mass is 15.5. The lowest BCUT2D eigenvalue weighted by molar-refractivity contribution is 0.393. The van der Waals surface area contributed by atoms with Crippen LogP contribution in [0.1, 0.15) is 19.3 Å². The van der Waals surface area contributed by atoms with Gasteiger partial charge in [0.15, 0.2) is 11.5 Å². The Morgan fingerprint density at radius 2 is 2.33 bits per heavy atom. The average Bonchev–Trinajstić information content (AvgIpc) is 2.87. The van der Waals surface area contributed by atoms with Crippen LogP contribution in [0, 0.1) is 5.92 Å². The largest absolute Gasteiger partial charge is 0.355 e. The normalized spacial score (nSPS) is 20.5. The number of hydrogen-bond acceptors (Lipinski definition) is 6. The third-order valence-electron chi connectivity index (χ3n) is 3.51. The van der Waals surface area contributed by atoms with Crippen LogP contribution in [0.25, 0.3) is 5.65 Å². The van der Waals surface area contributed by atoms with Gasteiger partial charge in [0.25, 0.3) is 0 Å². The molecule has 2 aromatic heterocycles. The minimum Gasteiger partial charge on any atom is -0.355 e. The summed E-state index contributed by atoms with van der Waals surface area (Å²) in [7, 11) is 0. The number of fused-ring (bicyclic) bond motifs is 1. The zero-order chi connectivity index (χ0) is 12.4. The Bertz CT molecular complexity index is 521. The molecule has 3 rings (SSSR count). The fourth-order valence-corrected chi connectivity index (χ4v) is 2.62. The van der Waals surface area contributed by atoms with Gasteiger partial charge in [-0.05, 0) is 42.2 Å². The van der Waals surface area contributed by atoms with Crippen molar-refractivity contribution in [2.45, 2.75) is 19.3 Å². The summed E-state index contributed by atoms with van der Waals surface area (Å²) in [6.45, 7) is 2.80. The lowest BCUT2D eigenvalue weighted by Gasteiger charge is -2.33. The molecular weight excluding hydrogens is 230 g/mol. The molecule has 2 N–H and O–H groups in total. The van der Waals surface area contributed by atoms with Gasteiger partial charge in [0.1, 0.15) is 0 Å². The van der Waals surface area contributed by atoms with Crippen LogP contribution in [0.4, 0.5) is 5.82 Å². The molecule has 0 spiro atoms. The molecule has 3 heterocycles. The predicted molar refractivity (Wildman–Crippen MR) is 67.2 cm³/mol. The van der Waals surface area contributed by atoms with Crippen LogP contribution in [-0.4, -0.2) is 44.7 Å². The van der Waals surface area contributed by atoms with E-state index in [1.54, 1.807) is 10.7 Å². The van der Waals surface area contributed by atoms with Gasteiger partial charge in [-0.1, -0.05) is 0 Å². The summed E-state index contributed by atoms with van der Waals surface area (Å²) in [6, 6.07) is 0. The van der Waals surface area contributed by atoms with Crippen molar-refractivity contribution in [1.29, 1.82) is 0 Å². The number of rotatable bonds is 3. The van der Waals surface area contributed by atoms with Gasteiger partial charge in [-0.25, -0.2) is 0 Å². The molecule has 1 unspecified atom stereocenters. The Morgan fingerprint density at radius 1 is 1.39 bits per heavy atom. The first-order chi connectivity index (χ1) is 8.88. The van der Waals surface area contributed by atoms with E-state index in [2.05, 4.69) is 25.4 Å². The van der Waals surface area contributed by atoms with Gasteiger partial charge in [-0.15, -0.1) is 5.10 Å². The van der Waals surface area contributed by atoms with Crippen molar-refractivity contribution in [3.8, 4) is 0 Å². The van der Waals surface area contributed by atoms with Crippen LogP contribution in [0.2, 0.25) is 0 Å². The maximum absolute atomic E-state index is 5.65. The Morgan fingerprint density at radius 3 is 3.22 bits per heavy atom. The van der Waals surface area contributed by atoms with Crippen LogP contribution in [0.3, 0.4) is 0 Å². The van der Waals surface area contributed by atoms with Crippen molar-refractivity contribution < 1.29 is 0 Å². The lowest BCUT2D eigenvalue weighted by Crippen LogP contribution is -2.37. The molecule has 1 aliphatic rings. The second-order valence-corrected chi connectivity index (χ2v) is 4.75. The lowest BCUT2D eigenvalue weighted by atomic mass is 9.95. The Labute approximate surface area is 105 Å². The van der Waals surface area contributed by atoms with Crippen molar-refractivity contribution in [3.05, 3.63) is 12.4 Å². The van der Waals surface area contributed by atoms with Crippen molar-refractivity contribution in [3.63, 3.8) is 0 Å². The van der Waals surface area contributed by atoms with E-state index in [4.69, 9.17) is 5.73 Å². The fraction of sp³-hybridized carbons (Fsp3) is 0.636. The molecule has 0 bridgehead atoms. The van der Waals surface area contributed by atoms with Gasteiger partial charge < -0.3 is 10.6 Å². The number of piperidine rings is 1. The quantitative estimate of drug-likeness (QED) is 0.827. The van der Waals surface area contributed by atoms with Gasteiger partial charge in [-0.2, -0.15) is 4.52 Å². The summed E-state index contributed by atoms with van der Waals surface area (Å²) >= 11 is 0. The van der Waals surface area contributed by atoms with Crippen molar-refractivity contribution in [2.75, 3.05) is 24.5 Å². The van der Waals surface area contributed by atoms with Gasteiger partial charge in [0.2, 0.25) is 0 Å². The van der Waals surface area contributed by atoms with Crippen LogP contribution >= 0.6 is 0 Å². The summed E-state index contributed by atoms with van der Waals surface area (Å²) < 4.78 is 1.75. The zero-order valence-electron chi connectivity index (χ0n) is 10.2. The van der Waals surface area contributed by atoms with Gasteiger partial charge >= 0.3 is 0 Å². The molecule has 0 aliphatic carbocycles.